The van der Waals surface area contributed by atoms with Crippen LogP contribution < -0.4 is 10.9 Å². The van der Waals surface area contributed by atoms with Crippen LogP contribution in [-0.2, 0) is 9.53 Å². The van der Waals surface area contributed by atoms with Crippen molar-refractivity contribution in [3.63, 3.8) is 0 Å². The molecule has 0 spiro atoms. The molecule has 0 unspecified atom stereocenters. The maximum Gasteiger partial charge on any atom is 0.266 e. The van der Waals surface area contributed by atoms with Crippen LogP contribution in [0, 0.1) is 6.92 Å². The van der Waals surface area contributed by atoms with E-state index in [4.69, 9.17) is 4.74 Å². The molecule has 6 nitrogen and oxygen atoms in total. The Morgan fingerprint density at radius 1 is 1.24 bits per heavy atom. The van der Waals surface area contributed by atoms with E-state index in [9.17, 15) is 9.59 Å². The highest BCUT2D eigenvalue weighted by atomic mass is 32.2. The van der Waals surface area contributed by atoms with E-state index in [2.05, 4.69) is 10.3 Å². The van der Waals surface area contributed by atoms with Crippen molar-refractivity contribution >= 4 is 28.6 Å². The highest BCUT2D eigenvalue weighted by Crippen LogP contribution is 2.23. The number of amides is 1. The van der Waals surface area contributed by atoms with E-state index < -0.39 is 0 Å². The third kappa shape index (κ3) is 4.36. The van der Waals surface area contributed by atoms with Crippen molar-refractivity contribution in [1.29, 1.82) is 0 Å². The van der Waals surface area contributed by atoms with E-state index in [1.54, 1.807) is 10.6 Å². The summed E-state index contributed by atoms with van der Waals surface area (Å²) < 4.78 is 7.15. The lowest BCUT2D eigenvalue weighted by atomic mass is 10.2. The van der Waals surface area contributed by atoms with Gasteiger partial charge in [-0.2, -0.15) is 0 Å². The van der Waals surface area contributed by atoms with E-state index in [0.717, 1.165) is 30.7 Å². The molecular formula is C22H23N3O3S. The second kappa shape index (κ2) is 8.80. The molecular weight excluding hydrogens is 386 g/mol. The third-order valence-electron chi connectivity index (χ3n) is 4.98. The summed E-state index contributed by atoms with van der Waals surface area (Å²) in [7, 11) is 0. The average molecular weight is 410 g/mol. The van der Waals surface area contributed by atoms with Gasteiger partial charge in [-0.1, -0.05) is 42.1 Å². The molecule has 0 radical (unpaired) electrons. The van der Waals surface area contributed by atoms with Gasteiger partial charge in [0.1, 0.15) is 0 Å². The molecule has 1 aromatic heterocycles. The fraction of sp³-hybridized carbons (Fsp3) is 0.318. The van der Waals surface area contributed by atoms with Gasteiger partial charge in [0.05, 0.1) is 28.4 Å². The molecule has 1 aliphatic rings. The predicted molar refractivity (Wildman–Crippen MR) is 115 cm³/mol. The van der Waals surface area contributed by atoms with Gasteiger partial charge >= 0.3 is 0 Å². The number of carbonyl (C=O) groups excluding carboxylic acids is 1. The van der Waals surface area contributed by atoms with E-state index >= 15 is 0 Å². The van der Waals surface area contributed by atoms with Crippen LogP contribution in [0.15, 0.2) is 58.5 Å². The van der Waals surface area contributed by atoms with Crippen LogP contribution in [0.5, 0.6) is 0 Å². The summed E-state index contributed by atoms with van der Waals surface area (Å²) >= 11 is 1.27. The topological polar surface area (TPSA) is 73.2 Å². The van der Waals surface area contributed by atoms with Crippen molar-refractivity contribution in [3.05, 3.63) is 64.4 Å². The Bertz CT molecular complexity index is 1090. The fourth-order valence-corrected chi connectivity index (χ4v) is 4.29. The maximum atomic E-state index is 13.2. The number of ether oxygens (including phenoxy) is 1. The van der Waals surface area contributed by atoms with E-state index in [-0.39, 0.29) is 23.3 Å². The monoisotopic (exact) mass is 409 g/mol. The minimum absolute atomic E-state index is 0.0933. The Hall–Kier alpha value is -2.64. The number of nitrogens with one attached hydrogen (secondary N) is 1. The van der Waals surface area contributed by atoms with Gasteiger partial charge < -0.3 is 10.1 Å². The summed E-state index contributed by atoms with van der Waals surface area (Å²) in [6.45, 7) is 3.24. The zero-order valence-electron chi connectivity index (χ0n) is 16.3. The van der Waals surface area contributed by atoms with Gasteiger partial charge in [-0.25, -0.2) is 4.98 Å². The van der Waals surface area contributed by atoms with Gasteiger partial charge in [0, 0.05) is 13.2 Å². The van der Waals surface area contributed by atoms with Gasteiger partial charge in [-0.3, -0.25) is 14.2 Å². The number of hydrogen-bond acceptors (Lipinski definition) is 5. The van der Waals surface area contributed by atoms with E-state index in [1.807, 2.05) is 49.4 Å². The number of fused-ring (bicyclic) bond motifs is 1. The minimum atomic E-state index is -0.132. The minimum Gasteiger partial charge on any atom is -0.376 e. The SMILES string of the molecule is Cc1ccccc1-n1c(SCC(=O)NC[C@H]2CCCO2)nc2ccccc2c1=O. The van der Waals surface area contributed by atoms with Gasteiger partial charge in [0.25, 0.3) is 5.56 Å². The molecule has 7 heteroatoms. The fourth-order valence-electron chi connectivity index (χ4n) is 3.45. The first-order chi connectivity index (χ1) is 14.1. The number of benzene rings is 2. The summed E-state index contributed by atoms with van der Waals surface area (Å²) in [4.78, 5) is 30.3. The summed E-state index contributed by atoms with van der Waals surface area (Å²) in [6, 6.07) is 15.0. The lowest BCUT2D eigenvalue weighted by molar-refractivity contribution is -0.119. The molecule has 3 aromatic rings. The molecule has 0 aliphatic carbocycles. The van der Waals surface area contributed by atoms with Crippen molar-refractivity contribution in [3.8, 4) is 5.69 Å². The zero-order chi connectivity index (χ0) is 20.2. The van der Waals surface area contributed by atoms with Crippen molar-refractivity contribution in [2.75, 3.05) is 18.9 Å². The van der Waals surface area contributed by atoms with Crippen molar-refractivity contribution in [2.24, 2.45) is 0 Å². The molecule has 0 saturated carbocycles. The molecule has 1 N–H and O–H groups in total. The predicted octanol–water partition coefficient (Wildman–Crippen LogP) is 3.08. The first-order valence-electron chi connectivity index (χ1n) is 9.72. The molecule has 150 valence electrons. The standard InChI is InChI=1S/C22H23N3O3S/c1-15-7-2-5-11-19(15)25-21(27)17-9-3-4-10-18(17)24-22(25)29-14-20(26)23-13-16-8-6-12-28-16/h2-5,7,9-11,16H,6,8,12-14H2,1H3,(H,23,26)/t16-/m1/s1. The molecule has 0 bridgehead atoms. The van der Waals surface area contributed by atoms with Crippen molar-refractivity contribution in [1.82, 2.24) is 14.9 Å². The molecule has 4 rings (SSSR count). The molecule has 1 saturated heterocycles. The number of aryl methyl sites for hydroxylation is 1. The van der Waals surface area contributed by atoms with Gasteiger partial charge in [0.15, 0.2) is 5.16 Å². The highest BCUT2D eigenvalue weighted by Gasteiger charge is 2.18. The van der Waals surface area contributed by atoms with Gasteiger partial charge in [-0.15, -0.1) is 0 Å². The largest absolute Gasteiger partial charge is 0.376 e. The molecule has 2 heterocycles. The number of carbonyl (C=O) groups is 1. The van der Waals surface area contributed by atoms with Crippen LogP contribution in [0.2, 0.25) is 0 Å². The van der Waals surface area contributed by atoms with Crippen molar-refractivity contribution < 1.29 is 9.53 Å². The first kappa shape index (κ1) is 19.7. The molecule has 1 atom stereocenters. The molecule has 1 fully saturated rings. The number of aromatic nitrogens is 2. The summed E-state index contributed by atoms with van der Waals surface area (Å²) in [5, 5.41) is 3.99. The molecule has 2 aromatic carbocycles. The lowest BCUT2D eigenvalue weighted by Crippen LogP contribution is -2.33. The van der Waals surface area contributed by atoms with E-state index in [0.29, 0.717) is 22.6 Å². The first-order valence-corrected chi connectivity index (χ1v) is 10.7. The van der Waals surface area contributed by atoms with Crippen LogP contribution in [0.4, 0.5) is 0 Å². The Morgan fingerprint density at radius 2 is 2.03 bits per heavy atom. The second-order valence-electron chi connectivity index (χ2n) is 7.07. The van der Waals surface area contributed by atoms with Crippen LogP contribution in [0.3, 0.4) is 0 Å². The van der Waals surface area contributed by atoms with Crippen LogP contribution >= 0.6 is 11.8 Å². The van der Waals surface area contributed by atoms with Crippen LogP contribution in [-0.4, -0.2) is 40.5 Å². The highest BCUT2D eigenvalue weighted by molar-refractivity contribution is 7.99. The van der Waals surface area contributed by atoms with Crippen molar-refractivity contribution in [2.45, 2.75) is 31.0 Å². The molecule has 29 heavy (non-hydrogen) atoms. The Morgan fingerprint density at radius 3 is 2.83 bits per heavy atom. The maximum absolute atomic E-state index is 13.2. The average Bonchev–Trinajstić information content (AvgIpc) is 3.25. The zero-order valence-corrected chi connectivity index (χ0v) is 17.1. The quantitative estimate of drug-likeness (QED) is 0.500. The Kier molecular flexibility index (Phi) is 5.97. The van der Waals surface area contributed by atoms with Crippen LogP contribution in [0.25, 0.3) is 16.6 Å². The van der Waals surface area contributed by atoms with Gasteiger partial charge in [0.2, 0.25) is 5.91 Å². The summed E-state index contributed by atoms with van der Waals surface area (Å²) in [6.07, 6.45) is 2.12. The third-order valence-corrected chi connectivity index (χ3v) is 5.92. The number of hydrogen-bond donors (Lipinski definition) is 1. The Balaban J connectivity index is 1.62. The number of rotatable bonds is 6. The summed E-state index contributed by atoms with van der Waals surface area (Å²) in [5.41, 5.74) is 2.24. The molecule has 1 amide bonds. The smallest absolute Gasteiger partial charge is 0.266 e. The lowest BCUT2D eigenvalue weighted by Gasteiger charge is -2.15. The van der Waals surface area contributed by atoms with Crippen LogP contribution in [0.1, 0.15) is 18.4 Å². The number of para-hydroxylation sites is 2. The normalized spacial score (nSPS) is 16.2. The molecule has 1 aliphatic heterocycles. The number of thioether (sulfide) groups is 1. The van der Waals surface area contributed by atoms with E-state index in [1.165, 1.54) is 11.8 Å². The summed E-state index contributed by atoms with van der Waals surface area (Å²) in [5.74, 6) is 0.0906. The second-order valence-corrected chi connectivity index (χ2v) is 8.01. The number of nitrogens with zero attached hydrogens (tertiary/aromatic N) is 2. The van der Waals surface area contributed by atoms with Gasteiger partial charge in [-0.05, 0) is 43.5 Å². The Labute approximate surface area is 173 Å².